The Kier molecular flexibility index (Phi) is 10.4. The lowest BCUT2D eigenvalue weighted by atomic mass is 9.91. The van der Waals surface area contributed by atoms with E-state index in [0.717, 1.165) is 6.42 Å². The van der Waals surface area contributed by atoms with Crippen molar-refractivity contribution in [1.82, 2.24) is 5.32 Å². The highest BCUT2D eigenvalue weighted by molar-refractivity contribution is 7.85. The highest BCUT2D eigenvalue weighted by atomic mass is 32.2. The Morgan fingerprint density at radius 1 is 1.17 bits per heavy atom. The van der Waals surface area contributed by atoms with Crippen LogP contribution in [0, 0.1) is 11.3 Å². The predicted molar refractivity (Wildman–Crippen MR) is 94.2 cm³/mol. The Hall–Kier alpha value is -1.15. The van der Waals surface area contributed by atoms with E-state index in [9.17, 15) is 18.0 Å². The third kappa shape index (κ3) is 11.4. The smallest absolute Gasteiger partial charge is 0.311 e. The van der Waals surface area contributed by atoms with Crippen LogP contribution in [0.25, 0.3) is 0 Å². The maximum atomic E-state index is 11.5. The van der Waals surface area contributed by atoms with Gasteiger partial charge >= 0.3 is 5.97 Å². The summed E-state index contributed by atoms with van der Waals surface area (Å²) in [7, 11) is -2.66. The molecule has 8 heteroatoms. The van der Waals surface area contributed by atoms with Gasteiger partial charge < -0.3 is 10.1 Å². The minimum atomic E-state index is -4.07. The largest absolute Gasteiger partial charge is 0.469 e. The lowest BCUT2D eigenvalue weighted by Crippen LogP contribution is -2.49. The molecular formula is C16H33NO6S. The fourth-order valence-electron chi connectivity index (χ4n) is 1.55. The summed E-state index contributed by atoms with van der Waals surface area (Å²) < 4.78 is 34.6. The van der Waals surface area contributed by atoms with Gasteiger partial charge in [-0.2, -0.15) is 8.42 Å². The van der Waals surface area contributed by atoms with Crippen LogP contribution in [-0.2, 0) is 24.4 Å². The fraction of sp³-hybridized carbons (Fsp3) is 0.875. The van der Waals surface area contributed by atoms with Crippen LogP contribution in [0.2, 0.25) is 0 Å². The van der Waals surface area contributed by atoms with Crippen LogP contribution in [0.5, 0.6) is 0 Å². The van der Waals surface area contributed by atoms with Crippen LogP contribution < -0.4 is 5.32 Å². The van der Waals surface area contributed by atoms with Crippen molar-refractivity contribution in [3.63, 3.8) is 0 Å². The van der Waals surface area contributed by atoms with Crippen LogP contribution in [-0.4, -0.2) is 43.2 Å². The van der Waals surface area contributed by atoms with Gasteiger partial charge in [0.1, 0.15) is 0 Å². The quantitative estimate of drug-likeness (QED) is 0.528. The van der Waals surface area contributed by atoms with E-state index in [4.69, 9.17) is 4.55 Å². The summed E-state index contributed by atoms with van der Waals surface area (Å²) in [6, 6.07) is 0. The summed E-state index contributed by atoms with van der Waals surface area (Å²) in [5, 5.41) is 2.59. The van der Waals surface area contributed by atoms with Gasteiger partial charge in [0.05, 0.1) is 23.8 Å². The zero-order valence-corrected chi connectivity index (χ0v) is 16.9. The van der Waals surface area contributed by atoms with Crippen LogP contribution in [0.4, 0.5) is 0 Å². The second-order valence-electron chi connectivity index (χ2n) is 7.14. The molecule has 0 aliphatic heterocycles. The molecule has 0 saturated carbocycles. The highest BCUT2D eigenvalue weighted by Crippen LogP contribution is 2.20. The molecule has 0 aromatic heterocycles. The molecule has 2 N–H and O–H groups in total. The molecular weight excluding hydrogens is 334 g/mol. The van der Waals surface area contributed by atoms with Crippen molar-refractivity contribution >= 4 is 22.0 Å². The zero-order chi connectivity index (χ0) is 19.8. The molecule has 0 bridgehead atoms. The number of carbonyl (C=O) groups excluding carboxylic acids is 2. The van der Waals surface area contributed by atoms with Crippen molar-refractivity contribution in [3.8, 4) is 0 Å². The van der Waals surface area contributed by atoms with E-state index in [0.29, 0.717) is 6.42 Å². The first-order valence-electron chi connectivity index (χ1n) is 7.97. The third-order valence-electron chi connectivity index (χ3n) is 3.69. The summed E-state index contributed by atoms with van der Waals surface area (Å²) in [6.45, 7) is 12.5. The molecule has 0 aromatic rings. The van der Waals surface area contributed by atoms with Crippen LogP contribution >= 0.6 is 0 Å². The monoisotopic (exact) mass is 367 g/mol. The van der Waals surface area contributed by atoms with Crippen molar-refractivity contribution in [2.45, 2.75) is 66.8 Å². The van der Waals surface area contributed by atoms with Gasteiger partial charge in [-0.15, -0.1) is 0 Å². The molecule has 144 valence electrons. The third-order valence-corrected chi connectivity index (χ3v) is 4.77. The number of hydrogen-bond donors (Lipinski definition) is 2. The van der Waals surface area contributed by atoms with Crippen molar-refractivity contribution < 1.29 is 27.3 Å². The van der Waals surface area contributed by atoms with E-state index in [1.165, 1.54) is 7.11 Å². The van der Waals surface area contributed by atoms with Gasteiger partial charge in [0.25, 0.3) is 10.1 Å². The van der Waals surface area contributed by atoms with Crippen molar-refractivity contribution in [1.29, 1.82) is 0 Å². The van der Waals surface area contributed by atoms with Crippen LogP contribution in [0.1, 0.15) is 61.3 Å². The lowest BCUT2D eigenvalue weighted by molar-refractivity contribution is -0.150. The van der Waals surface area contributed by atoms with Gasteiger partial charge in [-0.3, -0.25) is 14.1 Å². The van der Waals surface area contributed by atoms with Gasteiger partial charge in [-0.25, -0.2) is 0 Å². The van der Waals surface area contributed by atoms with Gasteiger partial charge in [-0.05, 0) is 40.5 Å². The van der Waals surface area contributed by atoms with Gasteiger partial charge in [-0.1, -0.05) is 20.8 Å². The van der Waals surface area contributed by atoms with Crippen molar-refractivity contribution in [2.75, 3.05) is 12.9 Å². The van der Waals surface area contributed by atoms with E-state index in [2.05, 4.69) is 10.1 Å². The van der Waals surface area contributed by atoms with Gasteiger partial charge in [0.15, 0.2) is 0 Å². The van der Waals surface area contributed by atoms with E-state index in [1.807, 2.05) is 27.7 Å². The predicted octanol–water partition coefficient (Wildman–Crippen LogP) is 2.41. The molecule has 0 aliphatic rings. The average Bonchev–Trinajstić information content (AvgIpc) is 2.42. The Labute approximate surface area is 146 Å². The molecule has 24 heavy (non-hydrogen) atoms. The number of esters is 1. The first kappa shape index (κ1) is 25.1. The Morgan fingerprint density at radius 3 is 1.88 bits per heavy atom. The molecule has 0 heterocycles. The molecule has 1 atom stereocenters. The molecule has 1 unspecified atom stereocenters. The molecule has 0 saturated heterocycles. The van der Waals surface area contributed by atoms with E-state index < -0.39 is 21.4 Å². The minimum absolute atomic E-state index is 0.134. The molecule has 0 radical (unpaired) electrons. The summed E-state index contributed by atoms with van der Waals surface area (Å²) in [5.41, 5.74) is -1.26. The Morgan fingerprint density at radius 2 is 1.62 bits per heavy atom. The molecule has 1 amide bonds. The molecule has 0 fully saturated rings. The number of hydrogen-bond acceptors (Lipinski definition) is 5. The van der Waals surface area contributed by atoms with E-state index >= 15 is 0 Å². The summed E-state index contributed by atoms with van der Waals surface area (Å²) in [4.78, 5) is 22.3. The Bertz CT molecular complexity index is 511. The standard InChI is InChI=1S/C9H19NO4S.C7H14O2/c1-5-7(2)8(11)10-9(3,4)6-15(12,13)14;1-5-7(2,3)6(8)9-4/h7H,5-6H2,1-4H3,(H,10,11)(H,12,13,14);5H2,1-4H3. The number of nitrogens with one attached hydrogen (secondary N) is 1. The van der Waals surface area contributed by atoms with Crippen LogP contribution in [0.3, 0.4) is 0 Å². The molecule has 7 nitrogen and oxygen atoms in total. The first-order valence-corrected chi connectivity index (χ1v) is 9.58. The molecule has 0 spiro atoms. The second-order valence-corrected chi connectivity index (χ2v) is 8.59. The van der Waals surface area contributed by atoms with Crippen LogP contribution in [0.15, 0.2) is 0 Å². The number of methoxy groups -OCH3 is 1. The average molecular weight is 368 g/mol. The maximum Gasteiger partial charge on any atom is 0.311 e. The fourth-order valence-corrected chi connectivity index (χ4v) is 2.54. The summed E-state index contributed by atoms with van der Waals surface area (Å²) in [6.07, 6.45) is 1.51. The topological polar surface area (TPSA) is 110 Å². The number of rotatable bonds is 7. The molecule has 0 aromatic carbocycles. The Balaban J connectivity index is 0. The van der Waals surface area contributed by atoms with Crippen molar-refractivity contribution in [3.05, 3.63) is 0 Å². The minimum Gasteiger partial charge on any atom is -0.469 e. The van der Waals surface area contributed by atoms with E-state index in [1.54, 1.807) is 20.8 Å². The number of carbonyl (C=O) groups is 2. The lowest BCUT2D eigenvalue weighted by Gasteiger charge is -2.26. The first-order chi connectivity index (χ1) is 10.6. The normalized spacial score (nSPS) is 13.4. The van der Waals surface area contributed by atoms with Gasteiger partial charge in [0, 0.05) is 5.92 Å². The zero-order valence-electron chi connectivity index (χ0n) is 16.1. The SMILES string of the molecule is CCC(C)(C)C(=O)OC.CCC(C)C(=O)NC(C)(C)CS(=O)(=O)O. The maximum absolute atomic E-state index is 11.5. The highest BCUT2D eigenvalue weighted by Gasteiger charge is 2.28. The summed E-state index contributed by atoms with van der Waals surface area (Å²) in [5.74, 6) is -0.982. The van der Waals surface area contributed by atoms with Crippen molar-refractivity contribution in [2.24, 2.45) is 11.3 Å². The number of ether oxygens (including phenoxy) is 1. The van der Waals surface area contributed by atoms with E-state index in [-0.39, 0.29) is 23.2 Å². The summed E-state index contributed by atoms with van der Waals surface area (Å²) >= 11 is 0. The van der Waals surface area contributed by atoms with Gasteiger partial charge in [0.2, 0.25) is 5.91 Å². The number of amides is 1. The molecule has 0 rings (SSSR count). The second kappa shape index (κ2) is 9.98. The molecule has 0 aliphatic carbocycles.